The second-order valence-corrected chi connectivity index (χ2v) is 5.11. The Bertz CT molecular complexity index is 447. The number of halogens is 2. The molecular weight excluding hydrogens is 241 g/mol. The Balaban J connectivity index is 3.09. The third-order valence-electron chi connectivity index (χ3n) is 1.83. The summed E-state index contributed by atoms with van der Waals surface area (Å²) in [6.45, 7) is 1.73. The third kappa shape index (κ3) is 3.15. The molecule has 0 radical (unpaired) electrons. The van der Waals surface area contributed by atoms with Crippen molar-refractivity contribution in [3.63, 3.8) is 0 Å². The minimum atomic E-state index is -3.65. The fraction of sp³-hybridized carbons (Fsp3) is 0.333. The molecule has 1 aromatic rings. The molecule has 0 aliphatic carbocycles. The first-order valence-electron chi connectivity index (χ1n) is 4.29. The quantitative estimate of drug-likeness (QED) is 0.828. The van der Waals surface area contributed by atoms with Crippen molar-refractivity contribution >= 4 is 21.6 Å². The zero-order valence-electron chi connectivity index (χ0n) is 8.13. The molecule has 0 atom stereocenters. The molecule has 0 saturated heterocycles. The van der Waals surface area contributed by atoms with Crippen LogP contribution in [0.3, 0.4) is 0 Å². The minimum absolute atomic E-state index is 0.0485. The molecule has 84 valence electrons. The van der Waals surface area contributed by atoms with Gasteiger partial charge in [0.1, 0.15) is 5.82 Å². The van der Waals surface area contributed by atoms with Gasteiger partial charge in [-0.05, 0) is 24.6 Å². The molecule has 15 heavy (non-hydrogen) atoms. The van der Waals surface area contributed by atoms with Crippen LogP contribution in [0.5, 0.6) is 0 Å². The molecule has 0 aromatic heterocycles. The Morgan fingerprint density at radius 3 is 2.73 bits per heavy atom. The molecule has 0 amide bonds. The van der Waals surface area contributed by atoms with E-state index in [1.165, 1.54) is 12.1 Å². The average molecular weight is 252 g/mol. The number of benzene rings is 1. The highest BCUT2D eigenvalue weighted by molar-refractivity contribution is 7.89. The SMILES string of the molecule is Cc1ccc(F)cc1S(=O)(=O)NCCCl. The van der Waals surface area contributed by atoms with Crippen LogP contribution in [0.15, 0.2) is 23.1 Å². The van der Waals surface area contributed by atoms with E-state index in [9.17, 15) is 12.8 Å². The molecule has 3 nitrogen and oxygen atoms in total. The molecule has 0 aliphatic rings. The molecule has 0 unspecified atom stereocenters. The summed E-state index contributed by atoms with van der Waals surface area (Å²) in [6.07, 6.45) is 0. The molecular formula is C9H11ClFNO2S. The summed E-state index contributed by atoms with van der Waals surface area (Å²) in [7, 11) is -3.65. The highest BCUT2D eigenvalue weighted by Crippen LogP contribution is 2.15. The zero-order valence-corrected chi connectivity index (χ0v) is 9.70. The van der Waals surface area contributed by atoms with Crippen molar-refractivity contribution in [1.82, 2.24) is 4.72 Å². The second kappa shape index (κ2) is 4.92. The minimum Gasteiger partial charge on any atom is -0.210 e. The Hall–Kier alpha value is -0.650. The van der Waals surface area contributed by atoms with Gasteiger partial charge in [-0.15, -0.1) is 11.6 Å². The lowest BCUT2D eigenvalue weighted by atomic mass is 10.2. The van der Waals surface area contributed by atoms with Crippen LogP contribution in [0.2, 0.25) is 0 Å². The van der Waals surface area contributed by atoms with Crippen LogP contribution in [0.4, 0.5) is 4.39 Å². The topological polar surface area (TPSA) is 46.2 Å². The van der Waals surface area contributed by atoms with Gasteiger partial charge in [-0.1, -0.05) is 6.07 Å². The van der Waals surface area contributed by atoms with Gasteiger partial charge in [-0.2, -0.15) is 0 Å². The lowest BCUT2D eigenvalue weighted by molar-refractivity contribution is 0.579. The molecule has 0 aliphatic heterocycles. The van der Waals surface area contributed by atoms with E-state index >= 15 is 0 Å². The number of alkyl halides is 1. The maximum atomic E-state index is 12.9. The molecule has 1 N–H and O–H groups in total. The van der Waals surface area contributed by atoms with Crippen LogP contribution in [0.1, 0.15) is 5.56 Å². The van der Waals surface area contributed by atoms with E-state index in [0.29, 0.717) is 5.56 Å². The second-order valence-electron chi connectivity index (χ2n) is 3.00. The van der Waals surface area contributed by atoms with Crippen LogP contribution in [0, 0.1) is 12.7 Å². The summed E-state index contributed by atoms with van der Waals surface area (Å²) in [5, 5.41) is 0. The molecule has 0 heterocycles. The molecule has 0 saturated carbocycles. The smallest absolute Gasteiger partial charge is 0.210 e. The molecule has 1 aromatic carbocycles. The predicted octanol–water partition coefficient (Wildman–Crippen LogP) is 1.65. The van der Waals surface area contributed by atoms with Gasteiger partial charge in [-0.3, -0.25) is 0 Å². The lowest BCUT2D eigenvalue weighted by Gasteiger charge is -2.07. The maximum Gasteiger partial charge on any atom is 0.240 e. The fourth-order valence-electron chi connectivity index (χ4n) is 1.11. The van der Waals surface area contributed by atoms with Gasteiger partial charge in [0.25, 0.3) is 0 Å². The molecule has 0 fully saturated rings. The monoisotopic (exact) mass is 251 g/mol. The van der Waals surface area contributed by atoms with Crippen molar-refractivity contribution < 1.29 is 12.8 Å². The Labute approximate surface area is 93.3 Å². The largest absolute Gasteiger partial charge is 0.240 e. The van der Waals surface area contributed by atoms with Crippen molar-refractivity contribution in [2.45, 2.75) is 11.8 Å². The Kier molecular flexibility index (Phi) is 4.07. The number of rotatable bonds is 4. The summed E-state index contributed by atoms with van der Waals surface area (Å²) in [4.78, 5) is -0.0485. The number of sulfonamides is 1. The van der Waals surface area contributed by atoms with Crippen molar-refractivity contribution in [3.05, 3.63) is 29.6 Å². The molecule has 6 heteroatoms. The fourth-order valence-corrected chi connectivity index (χ4v) is 2.61. The highest BCUT2D eigenvalue weighted by atomic mass is 35.5. The Morgan fingerprint density at radius 2 is 2.13 bits per heavy atom. The normalized spacial score (nSPS) is 11.7. The summed E-state index contributed by atoms with van der Waals surface area (Å²) in [5.41, 5.74) is 0.499. The van der Waals surface area contributed by atoms with Gasteiger partial charge in [-0.25, -0.2) is 17.5 Å². The van der Waals surface area contributed by atoms with Gasteiger partial charge in [0, 0.05) is 12.4 Å². The molecule has 0 spiro atoms. The predicted molar refractivity (Wildman–Crippen MR) is 57.0 cm³/mol. The first-order chi connectivity index (χ1) is 6.97. The number of hydrogen-bond donors (Lipinski definition) is 1. The van der Waals surface area contributed by atoms with E-state index in [0.717, 1.165) is 6.07 Å². The molecule has 0 bridgehead atoms. The van der Waals surface area contributed by atoms with Crippen molar-refractivity contribution in [2.75, 3.05) is 12.4 Å². The van der Waals surface area contributed by atoms with Crippen molar-refractivity contribution in [2.24, 2.45) is 0 Å². The van der Waals surface area contributed by atoms with Crippen LogP contribution in [0.25, 0.3) is 0 Å². The maximum absolute atomic E-state index is 12.9. The van der Waals surface area contributed by atoms with E-state index in [1.807, 2.05) is 0 Å². The van der Waals surface area contributed by atoms with Crippen LogP contribution < -0.4 is 4.72 Å². The van der Waals surface area contributed by atoms with Gasteiger partial charge in [0.2, 0.25) is 10.0 Å². The van der Waals surface area contributed by atoms with E-state index in [2.05, 4.69) is 4.72 Å². The molecule has 1 rings (SSSR count). The third-order valence-corrected chi connectivity index (χ3v) is 3.62. The summed E-state index contributed by atoms with van der Waals surface area (Å²) in [5.74, 6) is -0.403. The van der Waals surface area contributed by atoms with E-state index in [1.54, 1.807) is 6.92 Å². The van der Waals surface area contributed by atoms with E-state index in [4.69, 9.17) is 11.6 Å². The Morgan fingerprint density at radius 1 is 1.47 bits per heavy atom. The van der Waals surface area contributed by atoms with Gasteiger partial charge in [0.15, 0.2) is 0 Å². The van der Waals surface area contributed by atoms with Crippen molar-refractivity contribution in [1.29, 1.82) is 0 Å². The van der Waals surface area contributed by atoms with E-state index in [-0.39, 0.29) is 17.3 Å². The van der Waals surface area contributed by atoms with Crippen molar-refractivity contribution in [3.8, 4) is 0 Å². The van der Waals surface area contributed by atoms with E-state index < -0.39 is 15.8 Å². The highest BCUT2D eigenvalue weighted by Gasteiger charge is 2.16. The lowest BCUT2D eigenvalue weighted by Crippen LogP contribution is -2.26. The van der Waals surface area contributed by atoms with Gasteiger partial charge < -0.3 is 0 Å². The van der Waals surface area contributed by atoms with Gasteiger partial charge >= 0.3 is 0 Å². The first-order valence-corrected chi connectivity index (χ1v) is 6.31. The first kappa shape index (κ1) is 12.4. The summed E-state index contributed by atoms with van der Waals surface area (Å²) in [6, 6.07) is 3.63. The van der Waals surface area contributed by atoms with Gasteiger partial charge in [0.05, 0.1) is 4.90 Å². The summed E-state index contributed by atoms with van der Waals surface area (Å²) < 4.78 is 38.4. The average Bonchev–Trinajstić information content (AvgIpc) is 2.18. The number of aryl methyl sites for hydroxylation is 1. The summed E-state index contributed by atoms with van der Waals surface area (Å²) >= 11 is 5.37. The zero-order chi connectivity index (χ0) is 11.5. The standard InChI is InChI=1S/C9H11ClFNO2S/c1-7-2-3-8(11)6-9(7)15(13,14)12-5-4-10/h2-3,6,12H,4-5H2,1H3. The number of hydrogen-bond acceptors (Lipinski definition) is 2. The number of nitrogens with one attached hydrogen (secondary N) is 1. The van der Waals surface area contributed by atoms with Crippen LogP contribution in [-0.4, -0.2) is 20.8 Å². The van der Waals surface area contributed by atoms with Crippen LogP contribution in [-0.2, 0) is 10.0 Å². The van der Waals surface area contributed by atoms with Crippen LogP contribution >= 0.6 is 11.6 Å².